The Hall–Kier alpha value is -9.06. The molecular weight excluding hydrogens is 1410 g/mol. The standard InChI is InChI=1S/2C28H27ClFN3O3.C27H27F2N3O3/c2*29-21-8-19(1-2-22(21)30)33-24-7-16-14-31-32-23(16)9-20(24)25(26(33)15-3-5-36-6-4-15)17-10-28(11-17)12-18(13-28)27(34)35;28-21-6-5-19(12-22(21)29)32-24-11-18-14-30-31-23(18)13-20(24)25(26(32)16-7-9-35-10-8-16)15-1-3-17(4-2-15)27(33)34/h2*1-2,7-9,14-15,17-18H,3-6,10-13H2,(H,31,32)(H,34,35);5-6,11-17H,1-4,7-10H2,(H,30,31)(H,33,34). The summed E-state index contributed by atoms with van der Waals surface area (Å²) in [5, 5.41) is 57.0. The second-order valence-corrected chi connectivity index (χ2v) is 32.6. The smallest absolute Gasteiger partial charge is 0.306 e. The maximum absolute atomic E-state index is 14.4. The molecule has 0 radical (unpaired) electrons. The highest BCUT2D eigenvalue weighted by Crippen LogP contribution is 2.67. The molecule has 12 aromatic rings. The summed E-state index contributed by atoms with van der Waals surface area (Å²) >= 11 is 12.5. The van der Waals surface area contributed by atoms with E-state index >= 15 is 0 Å². The van der Waals surface area contributed by atoms with Crippen LogP contribution in [-0.2, 0) is 28.6 Å². The van der Waals surface area contributed by atoms with Crippen LogP contribution in [0.25, 0.3) is 82.5 Å². The quantitative estimate of drug-likeness (QED) is 0.0626. The highest BCUT2D eigenvalue weighted by atomic mass is 35.5. The molecule has 6 aromatic carbocycles. The number of nitrogens with one attached hydrogen (secondary N) is 3. The molecule has 3 saturated heterocycles. The van der Waals surface area contributed by atoms with Crippen molar-refractivity contribution in [2.45, 2.75) is 151 Å². The number of carboxylic acid groups (broad SMARTS) is 3. The second kappa shape index (κ2) is 27.6. The van der Waals surface area contributed by atoms with Gasteiger partial charge in [0.2, 0.25) is 0 Å². The lowest BCUT2D eigenvalue weighted by Crippen LogP contribution is -2.49. The number of hydrogen-bond donors (Lipinski definition) is 6. The first-order valence-electron chi connectivity index (χ1n) is 37.7. The third-order valence-corrected chi connectivity index (χ3v) is 26.1. The molecule has 554 valence electrons. The van der Waals surface area contributed by atoms with Crippen molar-refractivity contribution in [2.24, 2.45) is 28.6 Å². The fraction of sp³-hybridized carbons (Fsp3) is 0.422. The predicted octanol–water partition coefficient (Wildman–Crippen LogP) is 19.1. The lowest BCUT2D eigenvalue weighted by molar-refractivity contribution is -0.156. The van der Waals surface area contributed by atoms with Crippen molar-refractivity contribution in [3.63, 3.8) is 0 Å². The molecule has 18 nitrogen and oxygen atoms in total. The first-order valence-corrected chi connectivity index (χ1v) is 38.4. The number of aromatic amines is 3. The van der Waals surface area contributed by atoms with Crippen molar-refractivity contribution in [1.82, 2.24) is 44.3 Å². The van der Waals surface area contributed by atoms with Crippen molar-refractivity contribution in [2.75, 3.05) is 39.6 Å². The van der Waals surface area contributed by atoms with Crippen LogP contribution in [0.1, 0.15) is 185 Å². The van der Waals surface area contributed by atoms with Crippen LogP contribution in [0.15, 0.2) is 110 Å². The van der Waals surface area contributed by atoms with Gasteiger partial charge in [-0.3, -0.25) is 29.7 Å². The molecule has 24 heteroatoms. The van der Waals surface area contributed by atoms with Gasteiger partial charge < -0.3 is 43.2 Å². The number of hydrogen-bond acceptors (Lipinski definition) is 9. The number of aromatic nitrogens is 9. The van der Waals surface area contributed by atoms with Gasteiger partial charge in [0.1, 0.15) is 11.6 Å². The Labute approximate surface area is 622 Å². The molecule has 0 amide bonds. The summed E-state index contributed by atoms with van der Waals surface area (Å²) in [6.45, 7) is 4.18. The lowest BCUT2D eigenvalue weighted by Gasteiger charge is -2.57. The molecule has 0 bridgehead atoms. The van der Waals surface area contributed by atoms with Crippen molar-refractivity contribution in [3.8, 4) is 17.1 Å². The number of nitrogens with zero attached hydrogens (tertiary/aromatic N) is 6. The molecule has 9 heterocycles. The van der Waals surface area contributed by atoms with Gasteiger partial charge in [0.25, 0.3) is 0 Å². The minimum absolute atomic E-state index is 0.106. The van der Waals surface area contributed by atoms with Gasteiger partial charge in [0.15, 0.2) is 11.6 Å². The van der Waals surface area contributed by atoms with Crippen molar-refractivity contribution >= 4 is 107 Å². The van der Waals surface area contributed by atoms with Gasteiger partial charge in [-0.15, -0.1) is 0 Å². The number of fused-ring (bicyclic) bond motifs is 6. The predicted molar refractivity (Wildman–Crippen MR) is 399 cm³/mol. The Kier molecular flexibility index (Phi) is 17.9. The number of H-pyrrole nitrogens is 3. The van der Waals surface area contributed by atoms with Gasteiger partial charge in [0.05, 0.1) is 79.5 Å². The topological polar surface area (TPSA) is 240 Å². The van der Waals surface area contributed by atoms with Crippen molar-refractivity contribution in [3.05, 3.63) is 177 Å². The third-order valence-electron chi connectivity index (χ3n) is 25.6. The number of carboxylic acids is 3. The van der Waals surface area contributed by atoms with Gasteiger partial charge in [-0.2, -0.15) is 15.3 Å². The minimum Gasteiger partial charge on any atom is -0.481 e. The average Bonchev–Trinajstić information content (AvgIpc) is 1.63. The average molecular weight is 1500 g/mol. The van der Waals surface area contributed by atoms with E-state index in [1.54, 1.807) is 36.5 Å². The third kappa shape index (κ3) is 12.4. The Morgan fingerprint density at radius 1 is 0.383 bits per heavy atom. The van der Waals surface area contributed by atoms with E-state index in [1.165, 1.54) is 63.1 Å². The highest BCUT2D eigenvalue weighted by Gasteiger charge is 2.58. The largest absolute Gasteiger partial charge is 0.481 e. The number of ether oxygens (including phenoxy) is 3. The summed E-state index contributed by atoms with van der Waals surface area (Å²) in [5.41, 5.74) is 16.1. The molecule has 6 aromatic heterocycles. The van der Waals surface area contributed by atoms with Crippen LogP contribution < -0.4 is 0 Å². The minimum atomic E-state index is -0.879. The van der Waals surface area contributed by atoms with E-state index in [-0.39, 0.29) is 50.5 Å². The number of benzene rings is 6. The number of halogens is 6. The van der Waals surface area contributed by atoms with Crippen LogP contribution in [0, 0.1) is 51.9 Å². The molecule has 3 aliphatic heterocycles. The molecule has 6 N–H and O–H groups in total. The molecule has 20 rings (SSSR count). The number of aliphatic carboxylic acids is 3. The zero-order valence-corrected chi connectivity index (χ0v) is 60.3. The number of carbonyl (C=O) groups is 3. The Bertz CT molecular complexity index is 5260. The molecule has 0 unspecified atom stereocenters. The van der Waals surface area contributed by atoms with Crippen LogP contribution in [0.2, 0.25) is 10.0 Å². The lowest BCUT2D eigenvalue weighted by atomic mass is 9.47. The molecule has 8 fully saturated rings. The monoisotopic (exact) mass is 1490 g/mol. The summed E-state index contributed by atoms with van der Waals surface area (Å²) in [7, 11) is 0. The fourth-order valence-corrected chi connectivity index (χ4v) is 20.8. The molecule has 5 saturated carbocycles. The van der Waals surface area contributed by atoms with E-state index in [9.17, 15) is 47.3 Å². The van der Waals surface area contributed by atoms with Gasteiger partial charge in [-0.05, 0) is 246 Å². The van der Waals surface area contributed by atoms with Crippen LogP contribution in [0.4, 0.5) is 17.6 Å². The van der Waals surface area contributed by atoms with E-state index < -0.39 is 41.2 Å². The molecular formula is C83H81Cl2F4N9O9. The molecule has 8 aliphatic rings. The Morgan fingerprint density at radius 3 is 1.04 bits per heavy atom. The van der Waals surface area contributed by atoms with Gasteiger partial charge in [0, 0.05) is 130 Å². The summed E-state index contributed by atoms with van der Waals surface area (Å²) < 4.78 is 80.4. The fourth-order valence-electron chi connectivity index (χ4n) is 20.4. The second-order valence-electron chi connectivity index (χ2n) is 31.8. The first kappa shape index (κ1) is 69.7. The molecule has 0 atom stereocenters. The van der Waals surface area contributed by atoms with E-state index in [2.05, 4.69) is 80.7 Å². The van der Waals surface area contributed by atoms with E-state index in [4.69, 9.17) is 37.4 Å². The van der Waals surface area contributed by atoms with Crippen LogP contribution in [-0.4, -0.2) is 117 Å². The van der Waals surface area contributed by atoms with Crippen LogP contribution in [0.5, 0.6) is 0 Å². The maximum Gasteiger partial charge on any atom is 0.306 e. The molecule has 2 spiro atoms. The van der Waals surface area contributed by atoms with E-state index in [0.29, 0.717) is 55.4 Å². The Balaban J connectivity index is 0.000000113. The maximum atomic E-state index is 14.4. The summed E-state index contributed by atoms with van der Waals surface area (Å²) in [6, 6.07) is 26.9. The molecule has 5 aliphatic carbocycles. The molecule has 107 heavy (non-hydrogen) atoms. The Morgan fingerprint density at radius 2 is 0.710 bits per heavy atom. The zero-order valence-electron chi connectivity index (χ0n) is 58.8. The van der Waals surface area contributed by atoms with Crippen molar-refractivity contribution < 1.29 is 61.5 Å². The normalized spacial score (nSPS) is 24.8. The SMILES string of the molecule is O=C(O)C1CC2(C1)CC(c1c(C3CCOCC3)n(-c3ccc(F)c(Cl)c3)c3cc4cn[nH]c4cc13)C2.O=C(O)C1CC2(C1)CC(c1c(C3CCOCC3)n(-c3ccc(F)c(Cl)c3)c3cc4cn[nH]c4cc13)C2.O=C(O)C1CCC(c2c(C3CCOCC3)n(-c3ccc(F)c(F)c3)c3cc4cn[nH]c4cc23)CC1. The highest BCUT2D eigenvalue weighted by molar-refractivity contribution is 6.31. The van der Waals surface area contributed by atoms with Gasteiger partial charge in [-0.25, -0.2) is 17.6 Å². The van der Waals surface area contributed by atoms with Crippen LogP contribution in [0.3, 0.4) is 0 Å². The van der Waals surface area contributed by atoms with Crippen molar-refractivity contribution in [1.29, 1.82) is 0 Å². The summed E-state index contributed by atoms with van der Waals surface area (Å²) in [4.78, 5) is 34.5. The van der Waals surface area contributed by atoms with Gasteiger partial charge in [-0.1, -0.05) is 23.2 Å². The first-order chi connectivity index (χ1) is 51.9. The van der Waals surface area contributed by atoms with Gasteiger partial charge >= 0.3 is 17.9 Å². The zero-order chi connectivity index (χ0) is 73.3. The number of rotatable bonds is 12. The van der Waals surface area contributed by atoms with E-state index in [1.807, 2.05) is 12.4 Å². The van der Waals surface area contributed by atoms with E-state index in [0.717, 1.165) is 201 Å². The van der Waals surface area contributed by atoms with Crippen LogP contribution >= 0.6 is 23.2 Å². The summed E-state index contributed by atoms with van der Waals surface area (Å²) in [5.74, 6) is -3.65. The summed E-state index contributed by atoms with van der Waals surface area (Å²) in [6.07, 6.45) is 20.8.